The van der Waals surface area contributed by atoms with E-state index in [9.17, 15) is 0 Å². The second-order valence-corrected chi connectivity index (χ2v) is 5.07. The van der Waals surface area contributed by atoms with E-state index in [4.69, 9.17) is 16.3 Å². The molecule has 0 unspecified atom stereocenters. The maximum atomic E-state index is 5.86. The minimum atomic E-state index is 0.681. The second-order valence-electron chi connectivity index (χ2n) is 4.63. The largest absolute Gasteiger partial charge is 0.478 e. The molecule has 1 N–H and O–H groups in total. The molecule has 1 heterocycles. The molecule has 5 heteroatoms. The fourth-order valence-corrected chi connectivity index (χ4v) is 1.84. The van der Waals surface area contributed by atoms with E-state index in [1.54, 1.807) is 0 Å². The monoisotopic (exact) mass is 279 g/mol. The van der Waals surface area contributed by atoms with Gasteiger partial charge in [-0.1, -0.05) is 23.7 Å². The van der Waals surface area contributed by atoms with E-state index >= 15 is 0 Å². The van der Waals surface area contributed by atoms with Crippen LogP contribution in [0.2, 0.25) is 5.02 Å². The number of aromatic nitrogens is 2. The minimum absolute atomic E-state index is 0.681. The summed E-state index contributed by atoms with van der Waals surface area (Å²) in [5.41, 5.74) is 1.88. The molecule has 0 radical (unpaired) electrons. The first-order valence-corrected chi connectivity index (χ1v) is 6.62. The van der Waals surface area contributed by atoms with Crippen molar-refractivity contribution in [2.45, 2.75) is 6.42 Å². The summed E-state index contributed by atoms with van der Waals surface area (Å²) in [6.45, 7) is 1.69. The van der Waals surface area contributed by atoms with E-state index in [2.05, 4.69) is 29.2 Å². The van der Waals surface area contributed by atoms with Gasteiger partial charge in [-0.25, -0.2) is 5.10 Å². The van der Waals surface area contributed by atoms with Gasteiger partial charge in [0.15, 0.2) is 0 Å². The quantitative estimate of drug-likeness (QED) is 0.826. The standard InChI is InChI=1S/C14H18ClN3O/c1-18(2)8-3-9-19-14-10-13(16-17-14)11-4-6-12(15)7-5-11/h4-7,10H,3,8-9H2,1-2H3,(H,16,17). The van der Waals surface area contributed by atoms with Gasteiger partial charge in [-0.05, 0) is 32.6 Å². The molecule has 2 rings (SSSR count). The van der Waals surface area contributed by atoms with Crippen LogP contribution >= 0.6 is 11.6 Å². The number of H-pyrrole nitrogens is 1. The molecule has 102 valence electrons. The predicted molar refractivity (Wildman–Crippen MR) is 77.7 cm³/mol. The summed E-state index contributed by atoms with van der Waals surface area (Å²) >= 11 is 5.86. The fourth-order valence-electron chi connectivity index (χ4n) is 1.71. The van der Waals surface area contributed by atoms with Crippen molar-refractivity contribution >= 4 is 11.6 Å². The van der Waals surface area contributed by atoms with Gasteiger partial charge in [0, 0.05) is 23.2 Å². The number of ether oxygens (including phenoxy) is 1. The molecule has 0 amide bonds. The lowest BCUT2D eigenvalue weighted by atomic mass is 10.2. The Hall–Kier alpha value is -1.52. The Bertz CT molecular complexity index is 508. The van der Waals surface area contributed by atoms with Gasteiger partial charge in [0.2, 0.25) is 5.88 Å². The molecule has 0 aliphatic carbocycles. The smallest absolute Gasteiger partial charge is 0.209 e. The normalized spacial score (nSPS) is 10.9. The van der Waals surface area contributed by atoms with Crippen LogP contribution < -0.4 is 4.74 Å². The number of benzene rings is 1. The average molecular weight is 280 g/mol. The first-order valence-electron chi connectivity index (χ1n) is 6.24. The third-order valence-corrected chi connectivity index (χ3v) is 2.95. The van der Waals surface area contributed by atoms with Crippen molar-refractivity contribution in [2.75, 3.05) is 27.2 Å². The topological polar surface area (TPSA) is 41.1 Å². The molecule has 0 aliphatic heterocycles. The number of rotatable bonds is 6. The zero-order valence-corrected chi connectivity index (χ0v) is 11.9. The van der Waals surface area contributed by atoms with Gasteiger partial charge in [0.05, 0.1) is 12.3 Å². The maximum Gasteiger partial charge on any atom is 0.209 e. The van der Waals surface area contributed by atoms with Gasteiger partial charge in [-0.2, -0.15) is 5.10 Å². The van der Waals surface area contributed by atoms with Crippen molar-refractivity contribution in [3.8, 4) is 17.1 Å². The summed E-state index contributed by atoms with van der Waals surface area (Å²) in [6, 6.07) is 9.48. The molecule has 0 spiro atoms. The molecule has 0 saturated heterocycles. The van der Waals surface area contributed by atoms with Crippen molar-refractivity contribution < 1.29 is 4.74 Å². The SMILES string of the molecule is CN(C)CCCOc1cc(-c2ccc(Cl)cc2)n[nH]1. The van der Waals surface area contributed by atoms with E-state index in [1.165, 1.54) is 0 Å². The molecule has 0 bridgehead atoms. The van der Waals surface area contributed by atoms with Crippen molar-refractivity contribution in [3.05, 3.63) is 35.4 Å². The van der Waals surface area contributed by atoms with Gasteiger partial charge in [-0.15, -0.1) is 0 Å². The van der Waals surface area contributed by atoms with Crippen LogP contribution in [0.1, 0.15) is 6.42 Å². The molecule has 19 heavy (non-hydrogen) atoms. The Morgan fingerprint density at radius 2 is 2.00 bits per heavy atom. The third kappa shape index (κ3) is 4.26. The Balaban J connectivity index is 1.90. The van der Waals surface area contributed by atoms with Crippen LogP contribution in [0.25, 0.3) is 11.3 Å². The van der Waals surface area contributed by atoms with E-state index in [0.717, 1.165) is 29.2 Å². The summed E-state index contributed by atoms with van der Waals surface area (Å²) in [4.78, 5) is 2.13. The fraction of sp³-hybridized carbons (Fsp3) is 0.357. The van der Waals surface area contributed by atoms with Crippen LogP contribution in [0.15, 0.2) is 30.3 Å². The number of nitrogens with one attached hydrogen (secondary N) is 1. The van der Waals surface area contributed by atoms with Gasteiger partial charge in [0.1, 0.15) is 0 Å². The minimum Gasteiger partial charge on any atom is -0.478 e. The lowest BCUT2D eigenvalue weighted by Crippen LogP contribution is -2.15. The van der Waals surface area contributed by atoms with Crippen molar-refractivity contribution in [1.29, 1.82) is 0 Å². The van der Waals surface area contributed by atoms with Crippen LogP contribution in [0.4, 0.5) is 0 Å². The summed E-state index contributed by atoms with van der Waals surface area (Å²) in [5, 5.41) is 7.84. The number of halogens is 1. The highest BCUT2D eigenvalue weighted by Gasteiger charge is 2.04. The Morgan fingerprint density at radius 3 is 2.68 bits per heavy atom. The lowest BCUT2D eigenvalue weighted by molar-refractivity contribution is 0.273. The summed E-state index contributed by atoms with van der Waals surface area (Å²) in [6.07, 6.45) is 0.988. The lowest BCUT2D eigenvalue weighted by Gasteiger charge is -2.08. The molecule has 0 aliphatic rings. The van der Waals surface area contributed by atoms with E-state index in [-0.39, 0.29) is 0 Å². The molecule has 0 saturated carbocycles. The molecular weight excluding hydrogens is 262 g/mol. The van der Waals surface area contributed by atoms with Crippen molar-refractivity contribution in [1.82, 2.24) is 15.1 Å². The van der Waals surface area contributed by atoms with Crippen LogP contribution in [-0.2, 0) is 0 Å². The van der Waals surface area contributed by atoms with E-state index < -0.39 is 0 Å². The first kappa shape index (κ1) is 13.9. The Labute approximate surface area is 118 Å². The molecule has 0 fully saturated rings. The first-order chi connectivity index (χ1) is 9.15. The molecule has 2 aromatic rings. The van der Waals surface area contributed by atoms with Gasteiger partial charge >= 0.3 is 0 Å². The number of nitrogens with zero attached hydrogens (tertiary/aromatic N) is 2. The van der Waals surface area contributed by atoms with Crippen LogP contribution in [0.5, 0.6) is 5.88 Å². The summed E-state index contributed by atoms with van der Waals surface area (Å²) < 4.78 is 5.61. The third-order valence-electron chi connectivity index (χ3n) is 2.70. The Morgan fingerprint density at radius 1 is 1.26 bits per heavy atom. The molecule has 4 nitrogen and oxygen atoms in total. The highest BCUT2D eigenvalue weighted by molar-refractivity contribution is 6.30. The summed E-state index contributed by atoms with van der Waals surface area (Å²) in [5.74, 6) is 0.698. The molecular formula is C14H18ClN3O. The predicted octanol–water partition coefficient (Wildman–Crippen LogP) is 3.06. The second kappa shape index (κ2) is 6.59. The highest BCUT2D eigenvalue weighted by atomic mass is 35.5. The van der Waals surface area contributed by atoms with Crippen LogP contribution in [0, 0.1) is 0 Å². The highest BCUT2D eigenvalue weighted by Crippen LogP contribution is 2.22. The molecule has 0 atom stereocenters. The maximum absolute atomic E-state index is 5.86. The zero-order valence-electron chi connectivity index (χ0n) is 11.2. The molecule has 1 aromatic heterocycles. The number of hydrogen-bond acceptors (Lipinski definition) is 3. The summed E-state index contributed by atoms with van der Waals surface area (Å²) in [7, 11) is 4.10. The van der Waals surface area contributed by atoms with Gasteiger partial charge in [0.25, 0.3) is 0 Å². The van der Waals surface area contributed by atoms with E-state index in [1.807, 2.05) is 30.3 Å². The van der Waals surface area contributed by atoms with Crippen LogP contribution in [-0.4, -0.2) is 42.3 Å². The van der Waals surface area contributed by atoms with Crippen molar-refractivity contribution in [3.63, 3.8) is 0 Å². The van der Waals surface area contributed by atoms with Gasteiger partial charge < -0.3 is 9.64 Å². The zero-order chi connectivity index (χ0) is 13.7. The van der Waals surface area contributed by atoms with Crippen molar-refractivity contribution in [2.24, 2.45) is 0 Å². The number of aromatic amines is 1. The Kier molecular flexibility index (Phi) is 4.82. The molecule has 1 aromatic carbocycles. The van der Waals surface area contributed by atoms with Crippen LogP contribution in [0.3, 0.4) is 0 Å². The number of hydrogen-bond donors (Lipinski definition) is 1. The van der Waals surface area contributed by atoms with Gasteiger partial charge in [-0.3, -0.25) is 0 Å². The van der Waals surface area contributed by atoms with E-state index in [0.29, 0.717) is 12.5 Å². The average Bonchev–Trinajstić information content (AvgIpc) is 2.84.